The number of ether oxygens (including phenoxy) is 4. The highest BCUT2D eigenvalue weighted by atomic mass is 19.3. The van der Waals surface area contributed by atoms with Crippen molar-refractivity contribution in [3.8, 4) is 28.4 Å². The predicted molar refractivity (Wildman–Crippen MR) is 99.6 cm³/mol. The summed E-state index contributed by atoms with van der Waals surface area (Å²) in [7, 11) is 4.26. The van der Waals surface area contributed by atoms with Crippen LogP contribution in [-0.2, 0) is 11.2 Å². The number of carbonyl (C=O) groups is 1. The average Bonchev–Trinajstić information content (AvgIpc) is 3.06. The topological polar surface area (TPSA) is 95.8 Å². The number of aromatic nitrogens is 1. The normalized spacial score (nSPS) is 10.9. The minimum Gasteiger partial charge on any atom is -0.493 e. The second-order valence-electron chi connectivity index (χ2n) is 5.71. The Kier molecular flexibility index (Phi) is 7.22. The highest BCUT2D eigenvalue weighted by Crippen LogP contribution is 2.48. The van der Waals surface area contributed by atoms with Crippen LogP contribution in [0, 0.1) is 0 Å². The van der Waals surface area contributed by atoms with Crippen molar-refractivity contribution in [3.63, 3.8) is 0 Å². The fraction of sp³-hybridized carbons (Fsp3) is 0.421. The Morgan fingerprint density at radius 3 is 2.32 bits per heavy atom. The van der Waals surface area contributed by atoms with Crippen LogP contribution in [0.2, 0.25) is 0 Å². The van der Waals surface area contributed by atoms with Gasteiger partial charge in [0.05, 0.1) is 33.5 Å². The van der Waals surface area contributed by atoms with Crippen molar-refractivity contribution in [2.75, 3.05) is 34.5 Å². The molecule has 0 fully saturated rings. The molecule has 1 aromatic carbocycles. The lowest BCUT2D eigenvalue weighted by Gasteiger charge is -2.17. The number of rotatable bonds is 9. The van der Waals surface area contributed by atoms with E-state index in [-0.39, 0.29) is 42.3 Å². The van der Waals surface area contributed by atoms with Gasteiger partial charge >= 0.3 is 5.97 Å². The minimum atomic E-state index is -2.94. The van der Waals surface area contributed by atoms with Crippen LogP contribution in [0.25, 0.3) is 11.1 Å². The fourth-order valence-electron chi connectivity index (χ4n) is 3.09. The Bertz CT molecular complexity index is 836. The summed E-state index contributed by atoms with van der Waals surface area (Å²) in [6, 6.07) is 3.15. The van der Waals surface area contributed by atoms with Crippen molar-refractivity contribution in [1.29, 1.82) is 0 Å². The SMILES string of the molecule is CCOC(=O)c1[nH]c(CCN)c(-c2ccc(OC)c(OC)c2OC)c1C(F)F. The first kappa shape index (κ1) is 21.5. The zero-order valence-corrected chi connectivity index (χ0v) is 16.2. The van der Waals surface area contributed by atoms with Crippen LogP contribution >= 0.6 is 0 Å². The van der Waals surface area contributed by atoms with Gasteiger partial charge in [0.2, 0.25) is 5.75 Å². The van der Waals surface area contributed by atoms with Crippen LogP contribution in [0.15, 0.2) is 12.1 Å². The number of carbonyl (C=O) groups excluding carboxylic acids is 1. The van der Waals surface area contributed by atoms with E-state index in [1.807, 2.05) is 0 Å². The summed E-state index contributed by atoms with van der Waals surface area (Å²) >= 11 is 0. The highest BCUT2D eigenvalue weighted by Gasteiger charge is 2.32. The number of H-pyrrole nitrogens is 1. The molecule has 0 unspecified atom stereocenters. The Hall–Kier alpha value is -2.81. The highest BCUT2D eigenvalue weighted by molar-refractivity contribution is 5.94. The summed E-state index contributed by atoms with van der Waals surface area (Å²) in [4.78, 5) is 15.0. The Morgan fingerprint density at radius 2 is 1.82 bits per heavy atom. The molecule has 0 saturated heterocycles. The van der Waals surface area contributed by atoms with Crippen LogP contribution in [0.1, 0.15) is 35.1 Å². The molecule has 0 aliphatic carbocycles. The molecular formula is C19H24F2N2O5. The lowest BCUT2D eigenvalue weighted by atomic mass is 9.97. The summed E-state index contributed by atoms with van der Waals surface area (Å²) in [5.74, 6) is -0.0262. The number of hydrogen-bond acceptors (Lipinski definition) is 6. The summed E-state index contributed by atoms with van der Waals surface area (Å²) in [5, 5.41) is 0. The van der Waals surface area contributed by atoms with Crippen LogP contribution in [0.5, 0.6) is 17.2 Å². The molecule has 154 valence electrons. The zero-order chi connectivity index (χ0) is 20.8. The Morgan fingerprint density at radius 1 is 1.14 bits per heavy atom. The van der Waals surface area contributed by atoms with E-state index >= 15 is 0 Å². The lowest BCUT2D eigenvalue weighted by Crippen LogP contribution is -2.08. The number of methoxy groups -OCH3 is 3. The molecule has 0 spiro atoms. The summed E-state index contributed by atoms with van der Waals surface area (Å²) in [5.41, 5.74) is 5.73. The molecule has 3 N–H and O–H groups in total. The van der Waals surface area contributed by atoms with Gasteiger partial charge in [0, 0.05) is 23.2 Å². The van der Waals surface area contributed by atoms with Crippen LogP contribution in [0.3, 0.4) is 0 Å². The summed E-state index contributed by atoms with van der Waals surface area (Å²) in [6.07, 6.45) is -2.69. The van der Waals surface area contributed by atoms with E-state index in [2.05, 4.69) is 4.98 Å². The van der Waals surface area contributed by atoms with Crippen molar-refractivity contribution in [3.05, 3.63) is 29.1 Å². The molecule has 0 bridgehead atoms. The number of halogens is 2. The first-order valence-electron chi connectivity index (χ1n) is 8.64. The van der Waals surface area contributed by atoms with Gasteiger partial charge in [-0.25, -0.2) is 13.6 Å². The second kappa shape index (κ2) is 9.41. The third-order valence-electron chi connectivity index (χ3n) is 4.18. The van der Waals surface area contributed by atoms with Gasteiger partial charge in [-0.1, -0.05) is 0 Å². The molecule has 2 rings (SSSR count). The number of esters is 1. The number of nitrogens with two attached hydrogens (primary N) is 1. The van der Waals surface area contributed by atoms with Gasteiger partial charge in [0.15, 0.2) is 11.5 Å². The van der Waals surface area contributed by atoms with E-state index in [1.165, 1.54) is 21.3 Å². The smallest absolute Gasteiger partial charge is 0.355 e. The number of alkyl halides is 2. The van der Waals surface area contributed by atoms with E-state index < -0.39 is 18.0 Å². The van der Waals surface area contributed by atoms with Gasteiger partial charge in [0.25, 0.3) is 6.43 Å². The van der Waals surface area contributed by atoms with Gasteiger partial charge in [-0.3, -0.25) is 0 Å². The number of benzene rings is 1. The zero-order valence-electron chi connectivity index (χ0n) is 16.2. The molecule has 0 amide bonds. The van der Waals surface area contributed by atoms with Crippen molar-refractivity contribution in [2.45, 2.75) is 19.8 Å². The standard InChI is InChI=1S/C19H24F2N2O5/c1-5-28-19(24)15-14(18(20)21)13(11(23-15)8-9-22)10-6-7-12(25-2)17(27-4)16(10)26-3/h6-7,18,23H,5,8-9,22H2,1-4H3. The van der Waals surface area contributed by atoms with E-state index in [0.29, 0.717) is 17.0 Å². The van der Waals surface area contributed by atoms with Crippen molar-refractivity contribution in [2.24, 2.45) is 5.73 Å². The lowest BCUT2D eigenvalue weighted by molar-refractivity contribution is 0.0509. The largest absolute Gasteiger partial charge is 0.493 e. The third-order valence-corrected chi connectivity index (χ3v) is 4.18. The molecule has 1 heterocycles. The molecule has 0 aliphatic rings. The average molecular weight is 398 g/mol. The monoisotopic (exact) mass is 398 g/mol. The number of hydrogen-bond donors (Lipinski definition) is 2. The Balaban J connectivity index is 2.85. The van der Waals surface area contributed by atoms with Gasteiger partial charge in [-0.15, -0.1) is 0 Å². The summed E-state index contributed by atoms with van der Waals surface area (Å²) < 4.78 is 49.0. The molecular weight excluding hydrogens is 374 g/mol. The van der Waals surface area contributed by atoms with E-state index in [4.69, 9.17) is 24.7 Å². The molecule has 0 radical (unpaired) electrons. The van der Waals surface area contributed by atoms with Gasteiger partial charge in [-0.2, -0.15) is 0 Å². The first-order valence-corrected chi connectivity index (χ1v) is 8.64. The molecule has 0 atom stereocenters. The van der Waals surface area contributed by atoms with Gasteiger partial charge in [-0.05, 0) is 25.6 Å². The maximum absolute atomic E-state index is 14.0. The molecule has 2 aromatic rings. The van der Waals surface area contributed by atoms with Crippen LogP contribution < -0.4 is 19.9 Å². The minimum absolute atomic E-state index is 0.0573. The first-order chi connectivity index (χ1) is 13.4. The number of nitrogens with one attached hydrogen (secondary N) is 1. The maximum atomic E-state index is 14.0. The summed E-state index contributed by atoms with van der Waals surface area (Å²) in [6.45, 7) is 1.85. The van der Waals surface area contributed by atoms with Crippen LogP contribution in [0.4, 0.5) is 8.78 Å². The molecule has 0 aliphatic heterocycles. The van der Waals surface area contributed by atoms with Gasteiger partial charge < -0.3 is 29.7 Å². The van der Waals surface area contributed by atoms with E-state index in [9.17, 15) is 13.6 Å². The molecule has 28 heavy (non-hydrogen) atoms. The molecule has 7 nitrogen and oxygen atoms in total. The second-order valence-corrected chi connectivity index (χ2v) is 5.71. The van der Waals surface area contributed by atoms with Crippen molar-refractivity contribution in [1.82, 2.24) is 4.98 Å². The van der Waals surface area contributed by atoms with Gasteiger partial charge in [0.1, 0.15) is 5.69 Å². The molecule has 0 saturated carbocycles. The molecule has 1 aromatic heterocycles. The predicted octanol–water partition coefficient (Wildman–Crippen LogP) is 3.32. The number of aromatic amines is 1. The maximum Gasteiger partial charge on any atom is 0.355 e. The Labute approximate surface area is 161 Å². The van der Waals surface area contributed by atoms with Crippen molar-refractivity contribution >= 4 is 5.97 Å². The quantitative estimate of drug-likeness (QED) is 0.629. The van der Waals surface area contributed by atoms with Crippen LogP contribution in [-0.4, -0.2) is 45.4 Å². The van der Waals surface area contributed by atoms with E-state index in [1.54, 1.807) is 19.1 Å². The molecule has 9 heteroatoms. The third kappa shape index (κ3) is 3.89. The van der Waals surface area contributed by atoms with E-state index in [0.717, 1.165) is 0 Å². The fourth-order valence-corrected chi connectivity index (χ4v) is 3.09. The van der Waals surface area contributed by atoms with Crippen molar-refractivity contribution < 1.29 is 32.5 Å².